The maximum absolute atomic E-state index is 11.5. The molecule has 0 aliphatic rings. The summed E-state index contributed by atoms with van der Waals surface area (Å²) in [5.41, 5.74) is 7.08. The van der Waals surface area contributed by atoms with Crippen LogP contribution in [0.1, 0.15) is 79.7 Å². The summed E-state index contributed by atoms with van der Waals surface area (Å²) >= 11 is 1.44. The smallest absolute Gasteiger partial charge is 0.268 e. The van der Waals surface area contributed by atoms with Crippen LogP contribution in [-0.4, -0.2) is 10.3 Å². The summed E-state index contributed by atoms with van der Waals surface area (Å²) in [5.74, 6) is 0.0580. The lowest BCUT2D eigenvalue weighted by atomic mass is 9.89. The molecule has 2 N–H and O–H groups in total. The van der Waals surface area contributed by atoms with Crippen LogP contribution in [0.2, 0.25) is 0 Å². The largest absolute Gasteiger partial charge is 0.364 e. The number of nitrogens with two attached hydrogens (primary N) is 1. The summed E-state index contributed by atoms with van der Waals surface area (Å²) < 4.78 is 4.25. The Hall–Kier alpha value is -0.900. The summed E-state index contributed by atoms with van der Waals surface area (Å²) in [5, 5.41) is 0. The fraction of sp³-hybridized carbons (Fsp3) is 0.714. The summed E-state index contributed by atoms with van der Waals surface area (Å²) in [4.78, 5) is 12.7. The predicted molar refractivity (Wildman–Crippen MR) is 77.2 cm³/mol. The molecular weight excluding hydrogens is 244 g/mol. The van der Waals surface area contributed by atoms with Gasteiger partial charge in [-0.2, -0.15) is 4.37 Å². The molecule has 0 fully saturated rings. The highest BCUT2D eigenvalue weighted by molar-refractivity contribution is 7.06. The second kappa shape index (κ2) is 7.52. The first-order valence-electron chi connectivity index (χ1n) is 6.93. The van der Waals surface area contributed by atoms with Crippen molar-refractivity contribution in [2.75, 3.05) is 0 Å². The molecule has 3 nitrogen and oxygen atoms in total. The highest BCUT2D eigenvalue weighted by Gasteiger charge is 2.23. The zero-order valence-electron chi connectivity index (χ0n) is 11.7. The number of nitrogens with zero attached hydrogens (tertiary/aromatic N) is 1. The Kier molecular flexibility index (Phi) is 6.33. The maximum atomic E-state index is 11.5. The highest BCUT2D eigenvalue weighted by atomic mass is 32.1. The van der Waals surface area contributed by atoms with Gasteiger partial charge in [0.1, 0.15) is 5.69 Å². The number of hydrogen-bond acceptors (Lipinski definition) is 3. The van der Waals surface area contributed by atoms with Crippen LogP contribution < -0.4 is 5.73 Å². The van der Waals surface area contributed by atoms with Gasteiger partial charge in [0.2, 0.25) is 0 Å². The normalized spacial score (nSPS) is 12.6. The van der Waals surface area contributed by atoms with Crippen LogP contribution in [0.3, 0.4) is 0 Å². The number of primary amides is 1. The third-order valence-corrected chi connectivity index (χ3v) is 4.42. The van der Waals surface area contributed by atoms with Crippen LogP contribution in [-0.2, 0) is 6.42 Å². The standard InChI is InChI=1S/C14H24N2OS/c1-4-7-8-9-10(5-2)12-11(6-3)18-16-13(12)14(15)17/h10H,4-9H2,1-3H3,(H2,15,17). The molecule has 1 unspecified atom stereocenters. The molecule has 0 bridgehead atoms. The molecule has 0 aliphatic heterocycles. The fourth-order valence-electron chi connectivity index (χ4n) is 2.38. The third kappa shape index (κ3) is 3.55. The molecule has 1 heterocycles. The van der Waals surface area contributed by atoms with Crippen LogP contribution in [0.5, 0.6) is 0 Å². The van der Waals surface area contributed by atoms with Crippen LogP contribution in [0.15, 0.2) is 0 Å². The SMILES string of the molecule is CCCCCC(CC)c1c(C(N)=O)nsc1CC. The van der Waals surface area contributed by atoms with Crippen molar-refractivity contribution in [1.82, 2.24) is 4.37 Å². The first kappa shape index (κ1) is 15.2. The average Bonchev–Trinajstić information content (AvgIpc) is 2.78. The summed E-state index contributed by atoms with van der Waals surface area (Å²) in [6, 6.07) is 0. The van der Waals surface area contributed by atoms with Gasteiger partial charge < -0.3 is 5.73 Å². The number of aromatic nitrogens is 1. The molecule has 0 saturated carbocycles. The van der Waals surface area contributed by atoms with E-state index in [2.05, 4.69) is 25.1 Å². The van der Waals surface area contributed by atoms with E-state index in [1.807, 2.05) is 0 Å². The lowest BCUT2D eigenvalue weighted by Crippen LogP contribution is -2.16. The molecule has 18 heavy (non-hydrogen) atoms. The number of aryl methyl sites for hydroxylation is 1. The second-order valence-electron chi connectivity index (χ2n) is 4.69. The Morgan fingerprint density at radius 3 is 2.56 bits per heavy atom. The minimum absolute atomic E-state index is 0.380. The number of rotatable bonds is 8. The van der Waals surface area contributed by atoms with E-state index in [-0.39, 0.29) is 5.91 Å². The zero-order chi connectivity index (χ0) is 13.5. The minimum Gasteiger partial charge on any atom is -0.364 e. The summed E-state index contributed by atoms with van der Waals surface area (Å²) in [7, 11) is 0. The van der Waals surface area contributed by atoms with E-state index >= 15 is 0 Å². The molecular formula is C14H24N2OS. The first-order valence-corrected chi connectivity index (χ1v) is 7.71. The molecule has 1 aromatic rings. The van der Waals surface area contributed by atoms with Crippen molar-refractivity contribution in [2.24, 2.45) is 5.73 Å². The minimum atomic E-state index is -0.380. The number of carbonyl (C=O) groups is 1. The van der Waals surface area contributed by atoms with Gasteiger partial charge in [-0.1, -0.05) is 40.0 Å². The van der Waals surface area contributed by atoms with E-state index in [0.29, 0.717) is 11.6 Å². The number of amides is 1. The lowest BCUT2D eigenvalue weighted by molar-refractivity contribution is 0.0995. The van der Waals surface area contributed by atoms with E-state index in [1.165, 1.54) is 35.7 Å². The van der Waals surface area contributed by atoms with Crippen LogP contribution >= 0.6 is 11.5 Å². The van der Waals surface area contributed by atoms with E-state index in [4.69, 9.17) is 5.73 Å². The average molecular weight is 268 g/mol. The number of hydrogen-bond donors (Lipinski definition) is 1. The Morgan fingerprint density at radius 2 is 2.06 bits per heavy atom. The molecule has 102 valence electrons. The Bertz CT molecular complexity index is 387. The predicted octanol–water partition coefficient (Wildman–Crippen LogP) is 3.88. The molecule has 1 amide bonds. The molecule has 0 saturated heterocycles. The van der Waals surface area contributed by atoms with E-state index in [0.717, 1.165) is 24.8 Å². The fourth-order valence-corrected chi connectivity index (χ4v) is 3.26. The Morgan fingerprint density at radius 1 is 1.33 bits per heavy atom. The van der Waals surface area contributed by atoms with Crippen molar-refractivity contribution in [3.8, 4) is 0 Å². The van der Waals surface area contributed by atoms with Gasteiger partial charge in [0.15, 0.2) is 0 Å². The number of carbonyl (C=O) groups excluding carboxylic acids is 1. The van der Waals surface area contributed by atoms with E-state index < -0.39 is 0 Å². The van der Waals surface area contributed by atoms with Crippen molar-refractivity contribution in [3.63, 3.8) is 0 Å². The third-order valence-electron chi connectivity index (χ3n) is 3.41. The molecule has 0 spiro atoms. The molecule has 0 radical (unpaired) electrons. The summed E-state index contributed by atoms with van der Waals surface area (Å²) in [6.45, 7) is 6.50. The van der Waals surface area contributed by atoms with Crippen molar-refractivity contribution >= 4 is 17.4 Å². The van der Waals surface area contributed by atoms with Crippen LogP contribution in [0, 0.1) is 0 Å². The van der Waals surface area contributed by atoms with Crippen molar-refractivity contribution in [2.45, 2.75) is 65.2 Å². The van der Waals surface area contributed by atoms with Gasteiger partial charge in [0.05, 0.1) is 0 Å². The van der Waals surface area contributed by atoms with Gasteiger partial charge in [-0.3, -0.25) is 4.79 Å². The number of unbranched alkanes of at least 4 members (excludes halogenated alkanes) is 2. The van der Waals surface area contributed by atoms with Gasteiger partial charge in [-0.25, -0.2) is 0 Å². The van der Waals surface area contributed by atoms with Crippen LogP contribution in [0.4, 0.5) is 0 Å². The van der Waals surface area contributed by atoms with Gasteiger partial charge in [-0.05, 0) is 36.7 Å². The van der Waals surface area contributed by atoms with E-state index in [9.17, 15) is 4.79 Å². The molecule has 0 aliphatic carbocycles. The van der Waals surface area contributed by atoms with Crippen molar-refractivity contribution in [1.29, 1.82) is 0 Å². The highest BCUT2D eigenvalue weighted by Crippen LogP contribution is 2.33. The summed E-state index contributed by atoms with van der Waals surface area (Å²) in [6.07, 6.45) is 6.81. The Balaban J connectivity index is 2.94. The van der Waals surface area contributed by atoms with Gasteiger partial charge >= 0.3 is 0 Å². The van der Waals surface area contributed by atoms with E-state index in [1.54, 1.807) is 0 Å². The van der Waals surface area contributed by atoms with Crippen LogP contribution in [0.25, 0.3) is 0 Å². The second-order valence-corrected chi connectivity index (χ2v) is 5.54. The van der Waals surface area contributed by atoms with Gasteiger partial charge in [0.25, 0.3) is 5.91 Å². The monoisotopic (exact) mass is 268 g/mol. The quantitative estimate of drug-likeness (QED) is 0.727. The zero-order valence-corrected chi connectivity index (χ0v) is 12.5. The van der Waals surface area contributed by atoms with Crippen molar-refractivity contribution < 1.29 is 4.79 Å². The van der Waals surface area contributed by atoms with Gasteiger partial charge in [-0.15, -0.1) is 0 Å². The molecule has 1 rings (SSSR count). The molecule has 0 aromatic carbocycles. The molecule has 1 atom stereocenters. The molecule has 4 heteroatoms. The maximum Gasteiger partial charge on any atom is 0.268 e. The molecule has 1 aromatic heterocycles. The van der Waals surface area contributed by atoms with Crippen molar-refractivity contribution in [3.05, 3.63) is 16.1 Å². The lowest BCUT2D eigenvalue weighted by Gasteiger charge is -2.16. The first-order chi connectivity index (χ1) is 8.65. The van der Waals surface area contributed by atoms with Gasteiger partial charge in [0, 0.05) is 10.4 Å². The Labute approximate surface area is 114 Å². The topological polar surface area (TPSA) is 56.0 Å².